The third-order valence-corrected chi connectivity index (χ3v) is 4.67. The maximum absolute atomic E-state index is 5.90. The lowest BCUT2D eigenvalue weighted by Gasteiger charge is -2.11. The SMILES string of the molecule is Cc1nc(NCCc2nc(-c3ccc(Cl)cc3)no2)cc([C@H]2CCOC2)n1. The normalized spacial score (nSPS) is 16.6. The minimum atomic E-state index is 0.352. The molecule has 1 saturated heterocycles. The van der Waals surface area contributed by atoms with Crippen molar-refractivity contribution in [2.75, 3.05) is 25.1 Å². The fourth-order valence-corrected chi connectivity index (χ4v) is 3.15. The molecule has 0 radical (unpaired) electrons. The van der Waals surface area contributed by atoms with E-state index in [1.54, 1.807) is 12.1 Å². The highest BCUT2D eigenvalue weighted by Gasteiger charge is 2.20. The smallest absolute Gasteiger partial charge is 0.228 e. The third-order valence-electron chi connectivity index (χ3n) is 4.42. The van der Waals surface area contributed by atoms with Crippen LogP contribution in [0.25, 0.3) is 11.4 Å². The molecule has 1 fully saturated rings. The first-order valence-electron chi connectivity index (χ1n) is 8.93. The molecule has 0 aliphatic carbocycles. The third kappa shape index (κ3) is 4.43. The molecule has 1 aliphatic rings. The van der Waals surface area contributed by atoms with Gasteiger partial charge in [-0.1, -0.05) is 16.8 Å². The first kappa shape index (κ1) is 17.9. The molecule has 3 aromatic rings. The first-order chi connectivity index (χ1) is 13.2. The number of anilines is 1. The van der Waals surface area contributed by atoms with Crippen LogP contribution in [0.5, 0.6) is 0 Å². The predicted octanol–water partition coefficient (Wildman–Crippen LogP) is 3.65. The summed E-state index contributed by atoms with van der Waals surface area (Å²) in [5.41, 5.74) is 1.91. The summed E-state index contributed by atoms with van der Waals surface area (Å²) in [7, 11) is 0. The number of ether oxygens (including phenoxy) is 1. The van der Waals surface area contributed by atoms with Crippen LogP contribution in [0.2, 0.25) is 5.02 Å². The van der Waals surface area contributed by atoms with Gasteiger partial charge in [-0.2, -0.15) is 4.98 Å². The molecule has 1 aliphatic heterocycles. The number of aromatic nitrogens is 4. The molecule has 8 heteroatoms. The summed E-state index contributed by atoms with van der Waals surface area (Å²) in [6.45, 7) is 4.06. The van der Waals surface area contributed by atoms with Crippen LogP contribution < -0.4 is 5.32 Å². The summed E-state index contributed by atoms with van der Waals surface area (Å²) in [5.74, 6) is 3.04. The number of rotatable bonds is 6. The Morgan fingerprint density at radius 3 is 2.81 bits per heavy atom. The van der Waals surface area contributed by atoms with Crippen molar-refractivity contribution in [1.82, 2.24) is 20.1 Å². The number of hydrogen-bond acceptors (Lipinski definition) is 7. The Kier molecular flexibility index (Phi) is 5.31. The summed E-state index contributed by atoms with van der Waals surface area (Å²) in [4.78, 5) is 13.4. The van der Waals surface area contributed by atoms with Gasteiger partial charge in [0.1, 0.15) is 11.6 Å². The van der Waals surface area contributed by atoms with Gasteiger partial charge in [0.2, 0.25) is 11.7 Å². The largest absolute Gasteiger partial charge is 0.381 e. The van der Waals surface area contributed by atoms with Crippen LogP contribution in [0.3, 0.4) is 0 Å². The van der Waals surface area contributed by atoms with Crippen LogP contribution in [0.15, 0.2) is 34.9 Å². The van der Waals surface area contributed by atoms with E-state index in [2.05, 4.69) is 25.4 Å². The molecule has 0 unspecified atom stereocenters. The van der Waals surface area contributed by atoms with Gasteiger partial charge in [-0.15, -0.1) is 0 Å². The quantitative estimate of drug-likeness (QED) is 0.693. The minimum Gasteiger partial charge on any atom is -0.381 e. The molecule has 1 aromatic carbocycles. The van der Waals surface area contributed by atoms with Crippen molar-refractivity contribution in [1.29, 1.82) is 0 Å². The summed E-state index contributed by atoms with van der Waals surface area (Å²) in [5, 5.41) is 8.02. The van der Waals surface area contributed by atoms with E-state index < -0.39 is 0 Å². The lowest BCUT2D eigenvalue weighted by molar-refractivity contribution is 0.193. The van der Waals surface area contributed by atoms with Gasteiger partial charge in [-0.3, -0.25) is 0 Å². The zero-order valence-electron chi connectivity index (χ0n) is 15.0. The van der Waals surface area contributed by atoms with Gasteiger partial charge in [0.05, 0.1) is 12.3 Å². The van der Waals surface area contributed by atoms with Gasteiger partial charge >= 0.3 is 0 Å². The van der Waals surface area contributed by atoms with Crippen molar-refractivity contribution < 1.29 is 9.26 Å². The monoisotopic (exact) mass is 385 g/mol. The van der Waals surface area contributed by atoms with Crippen LogP contribution >= 0.6 is 11.6 Å². The van der Waals surface area contributed by atoms with Crippen molar-refractivity contribution in [3.8, 4) is 11.4 Å². The standard InChI is InChI=1S/C19H20ClN5O2/c1-12-22-16(14-7-9-26-11-14)10-17(23-12)21-8-6-18-24-19(25-27-18)13-2-4-15(20)5-3-13/h2-5,10,14H,6-9,11H2,1H3,(H,21,22,23)/t14-/m0/s1. The minimum absolute atomic E-state index is 0.352. The van der Waals surface area contributed by atoms with Gasteiger partial charge in [-0.25, -0.2) is 9.97 Å². The first-order valence-corrected chi connectivity index (χ1v) is 9.31. The molecule has 0 amide bonds. The van der Waals surface area contributed by atoms with E-state index in [9.17, 15) is 0 Å². The van der Waals surface area contributed by atoms with Crippen molar-refractivity contribution >= 4 is 17.4 Å². The van der Waals surface area contributed by atoms with Crippen LogP contribution in [0, 0.1) is 6.92 Å². The summed E-state index contributed by atoms with van der Waals surface area (Å²) in [6, 6.07) is 9.34. The van der Waals surface area contributed by atoms with Crippen LogP contribution in [0.1, 0.15) is 29.7 Å². The fraction of sp³-hybridized carbons (Fsp3) is 0.368. The molecule has 1 N–H and O–H groups in total. The van der Waals surface area contributed by atoms with Crippen molar-refractivity contribution in [2.24, 2.45) is 0 Å². The second kappa shape index (κ2) is 8.02. The highest BCUT2D eigenvalue weighted by molar-refractivity contribution is 6.30. The number of nitrogens with zero attached hydrogens (tertiary/aromatic N) is 4. The topological polar surface area (TPSA) is 86.0 Å². The molecule has 3 heterocycles. The predicted molar refractivity (Wildman–Crippen MR) is 102 cm³/mol. The molecule has 27 heavy (non-hydrogen) atoms. The second-order valence-corrected chi connectivity index (χ2v) is 6.92. The van der Waals surface area contributed by atoms with Crippen LogP contribution in [-0.2, 0) is 11.2 Å². The molecule has 0 saturated carbocycles. The molecule has 0 spiro atoms. The van der Waals surface area contributed by atoms with E-state index >= 15 is 0 Å². The molecule has 7 nitrogen and oxygen atoms in total. The lowest BCUT2D eigenvalue weighted by Crippen LogP contribution is -2.10. The Balaban J connectivity index is 1.36. The molecular formula is C19H20ClN5O2. The van der Waals surface area contributed by atoms with E-state index in [4.69, 9.17) is 20.9 Å². The fourth-order valence-electron chi connectivity index (χ4n) is 3.03. The van der Waals surface area contributed by atoms with E-state index in [-0.39, 0.29) is 0 Å². The summed E-state index contributed by atoms with van der Waals surface area (Å²) in [6.07, 6.45) is 1.61. The van der Waals surface area contributed by atoms with E-state index in [1.165, 1.54) is 0 Å². The van der Waals surface area contributed by atoms with E-state index in [0.29, 0.717) is 35.6 Å². The highest BCUT2D eigenvalue weighted by atomic mass is 35.5. The van der Waals surface area contributed by atoms with Crippen molar-refractivity contribution in [2.45, 2.75) is 25.7 Å². The summed E-state index contributed by atoms with van der Waals surface area (Å²) < 4.78 is 10.8. The van der Waals surface area contributed by atoms with Gasteiger partial charge < -0.3 is 14.6 Å². The Labute approximate surface area is 162 Å². The van der Waals surface area contributed by atoms with Crippen molar-refractivity contribution in [3.63, 3.8) is 0 Å². The van der Waals surface area contributed by atoms with Crippen LogP contribution in [-0.4, -0.2) is 39.9 Å². The Morgan fingerprint density at radius 1 is 1.19 bits per heavy atom. The maximum Gasteiger partial charge on any atom is 0.228 e. The number of benzene rings is 1. The van der Waals surface area contributed by atoms with E-state index in [0.717, 1.165) is 42.5 Å². The average Bonchev–Trinajstić information content (AvgIpc) is 3.34. The van der Waals surface area contributed by atoms with Gasteiger partial charge in [-0.05, 0) is 37.6 Å². The van der Waals surface area contributed by atoms with Gasteiger partial charge in [0, 0.05) is 42.1 Å². The molecule has 140 valence electrons. The van der Waals surface area contributed by atoms with Gasteiger partial charge in [0.25, 0.3) is 0 Å². The second-order valence-electron chi connectivity index (χ2n) is 6.48. The Morgan fingerprint density at radius 2 is 2.04 bits per heavy atom. The summed E-state index contributed by atoms with van der Waals surface area (Å²) >= 11 is 5.90. The molecule has 0 bridgehead atoms. The average molecular weight is 386 g/mol. The number of halogens is 1. The maximum atomic E-state index is 5.90. The Bertz CT molecular complexity index is 907. The van der Waals surface area contributed by atoms with Gasteiger partial charge in [0.15, 0.2) is 0 Å². The molecule has 4 rings (SSSR count). The number of nitrogens with one attached hydrogen (secondary N) is 1. The zero-order chi connectivity index (χ0) is 18.6. The Hall–Kier alpha value is -2.51. The molecule has 2 aromatic heterocycles. The molecular weight excluding hydrogens is 366 g/mol. The van der Waals surface area contributed by atoms with Crippen LogP contribution in [0.4, 0.5) is 5.82 Å². The zero-order valence-corrected chi connectivity index (χ0v) is 15.7. The lowest BCUT2D eigenvalue weighted by atomic mass is 10.0. The highest BCUT2D eigenvalue weighted by Crippen LogP contribution is 2.25. The van der Waals surface area contributed by atoms with E-state index in [1.807, 2.05) is 25.1 Å². The number of hydrogen-bond donors (Lipinski definition) is 1. The molecule has 1 atom stereocenters. The van der Waals surface area contributed by atoms with Crippen molar-refractivity contribution in [3.05, 3.63) is 52.8 Å². The number of aryl methyl sites for hydroxylation is 1.